The molecule has 202 valence electrons. The van der Waals surface area contributed by atoms with Crippen LogP contribution in [0.3, 0.4) is 0 Å². The molecule has 0 N–H and O–H groups in total. The van der Waals surface area contributed by atoms with Gasteiger partial charge in [0.25, 0.3) is 0 Å². The van der Waals surface area contributed by atoms with E-state index < -0.39 is 31.5 Å². The van der Waals surface area contributed by atoms with Crippen LogP contribution in [0.5, 0.6) is 5.06 Å². The number of aryl methyl sites for hydroxylation is 3. The highest BCUT2D eigenvalue weighted by Gasteiger charge is 2.33. The zero-order chi connectivity index (χ0) is 29.9. The highest BCUT2D eigenvalue weighted by Crippen LogP contribution is 2.38. The lowest BCUT2D eigenvalue weighted by Gasteiger charge is -2.33. The van der Waals surface area contributed by atoms with Crippen LogP contribution in [-0.4, -0.2) is 46.9 Å². The van der Waals surface area contributed by atoms with Gasteiger partial charge in [-0.1, -0.05) is 29.8 Å². The number of hydrogen-bond acceptors (Lipinski definition) is 10. The molecule has 2 aromatic heterocycles. The summed E-state index contributed by atoms with van der Waals surface area (Å²) < 4.78 is 43.2. The third kappa shape index (κ3) is 6.50. The molecule has 1 aliphatic rings. The van der Waals surface area contributed by atoms with Gasteiger partial charge in [-0.3, -0.25) is 14.9 Å². The molecule has 1 aliphatic heterocycles. The quantitative estimate of drug-likeness (QED) is 0.261. The molecule has 3 heterocycles. The van der Waals surface area contributed by atoms with E-state index >= 15 is 0 Å². The van der Waals surface area contributed by atoms with Crippen LogP contribution in [0, 0.1) is 20.8 Å². The van der Waals surface area contributed by atoms with Crippen molar-refractivity contribution in [3.8, 4) is 5.06 Å². The number of hydrogen-bond donors (Lipinski definition) is 0. The van der Waals surface area contributed by atoms with E-state index in [1.54, 1.807) is 42.2 Å². The van der Waals surface area contributed by atoms with E-state index in [2.05, 4.69) is 9.97 Å². The number of aromatic nitrogens is 2. The van der Waals surface area contributed by atoms with E-state index in [-0.39, 0.29) is 13.2 Å². The Balaban J connectivity index is 1.39. The zero-order valence-corrected chi connectivity index (χ0v) is 23.0. The Bertz CT molecular complexity index is 1430. The minimum absolute atomic E-state index is 0.119. The zero-order valence-electron chi connectivity index (χ0n) is 24.4. The van der Waals surface area contributed by atoms with Gasteiger partial charge in [0.2, 0.25) is 6.29 Å². The summed E-state index contributed by atoms with van der Waals surface area (Å²) in [6.07, 6.45) is -1.28. The summed E-state index contributed by atoms with van der Waals surface area (Å²) in [5, 5.41) is 0.642. The molecule has 3 aromatic rings. The number of carbonyl (C=O) groups is 2. The molecule has 1 unspecified atom stereocenters. The molecule has 38 heavy (non-hydrogen) atoms. The van der Waals surface area contributed by atoms with Crippen LogP contribution in [0.15, 0.2) is 30.3 Å². The summed E-state index contributed by atoms with van der Waals surface area (Å²) in [5.41, 5.74) is 4.31. The van der Waals surface area contributed by atoms with Crippen molar-refractivity contribution in [2.75, 3.05) is 13.6 Å². The molecule has 0 amide bonds. The number of esters is 1. The average molecular weight is 563 g/mol. The summed E-state index contributed by atoms with van der Waals surface area (Å²) in [6, 6.07) is 7.40. The van der Waals surface area contributed by atoms with Gasteiger partial charge in [0.15, 0.2) is 5.06 Å². The van der Waals surface area contributed by atoms with E-state index in [1.165, 1.54) is 11.3 Å². The van der Waals surface area contributed by atoms with Crippen LogP contribution in [0.4, 0.5) is 4.79 Å². The number of carbonyl (C=O) groups excluding carboxylic acids is 2. The Morgan fingerprint density at radius 2 is 1.95 bits per heavy atom. The molecule has 0 spiro atoms. The number of fused-ring (bicyclic) bond motifs is 1. The third-order valence-corrected chi connectivity index (χ3v) is 7.70. The van der Waals surface area contributed by atoms with E-state index in [0.29, 0.717) is 34.3 Å². The average Bonchev–Trinajstić information content (AvgIpc) is 3.27. The van der Waals surface area contributed by atoms with Crippen LogP contribution in [0.25, 0.3) is 0 Å². The lowest BCUT2D eigenvalue weighted by atomic mass is 10.0. The predicted octanol–water partition coefficient (Wildman–Crippen LogP) is 5.47. The number of nitrogens with zero attached hydrogens (tertiary/aromatic N) is 3. The van der Waals surface area contributed by atoms with E-state index in [4.69, 9.17) is 34.7 Å². The fourth-order valence-electron chi connectivity index (χ4n) is 4.19. The monoisotopic (exact) mass is 562 g/mol. The van der Waals surface area contributed by atoms with Crippen LogP contribution >= 0.6 is 22.9 Å². The van der Waals surface area contributed by atoms with Gasteiger partial charge >= 0.3 is 12.1 Å². The van der Waals surface area contributed by atoms with Crippen molar-refractivity contribution in [1.29, 1.82) is 0 Å². The number of benzene rings is 1. The Kier molecular flexibility index (Phi) is 7.72. The first-order valence-electron chi connectivity index (χ1n) is 13.4. The van der Waals surface area contributed by atoms with Crippen LogP contribution < -0.4 is 4.74 Å². The second kappa shape index (κ2) is 12.2. The summed E-state index contributed by atoms with van der Waals surface area (Å²) in [6.45, 7) is 7.99. The molecule has 0 radical (unpaired) electrons. The maximum Gasteiger partial charge on any atom is 0.516 e. The van der Waals surface area contributed by atoms with Crippen molar-refractivity contribution < 1.29 is 32.6 Å². The minimum Gasteiger partial charge on any atom is -0.468 e. The van der Waals surface area contributed by atoms with Crippen molar-refractivity contribution in [3.63, 3.8) is 0 Å². The van der Waals surface area contributed by atoms with Gasteiger partial charge in [0, 0.05) is 23.0 Å². The summed E-state index contributed by atoms with van der Waals surface area (Å²) >= 11 is 7.67. The summed E-state index contributed by atoms with van der Waals surface area (Å²) in [4.78, 5) is 37.1. The van der Waals surface area contributed by atoms with Crippen molar-refractivity contribution in [2.45, 2.75) is 59.6 Å². The van der Waals surface area contributed by atoms with Crippen molar-refractivity contribution in [2.24, 2.45) is 0 Å². The normalized spacial score (nSPS) is 16.4. The van der Waals surface area contributed by atoms with Gasteiger partial charge in [-0.25, -0.2) is 9.59 Å². The van der Waals surface area contributed by atoms with Gasteiger partial charge in [-0.05, 0) is 57.4 Å². The highest BCUT2D eigenvalue weighted by molar-refractivity contribution is 7.14. The second-order valence-corrected chi connectivity index (χ2v) is 10.4. The van der Waals surface area contributed by atoms with E-state index in [1.807, 2.05) is 20.8 Å². The maximum atomic E-state index is 13.0. The first kappa shape index (κ1) is 24.0. The minimum atomic E-state index is -2.90. The topological polar surface area (TPSA) is 100 Å². The Morgan fingerprint density at radius 1 is 1.18 bits per heavy atom. The molecule has 1 aromatic carbocycles. The molecule has 2 atom stereocenters. The first-order valence-corrected chi connectivity index (χ1v) is 13.1. The van der Waals surface area contributed by atoms with Gasteiger partial charge in [-0.2, -0.15) is 0 Å². The lowest BCUT2D eigenvalue weighted by Crippen LogP contribution is -2.38. The van der Waals surface area contributed by atoms with Gasteiger partial charge in [0.05, 0.1) is 40.5 Å². The van der Waals surface area contributed by atoms with Gasteiger partial charge < -0.3 is 18.9 Å². The molecule has 0 aliphatic carbocycles. The van der Waals surface area contributed by atoms with E-state index in [9.17, 15) is 9.59 Å². The molecule has 0 saturated carbocycles. The lowest BCUT2D eigenvalue weighted by molar-refractivity contribution is -0.147. The van der Waals surface area contributed by atoms with Crippen molar-refractivity contribution >= 4 is 35.1 Å². The van der Waals surface area contributed by atoms with Crippen molar-refractivity contribution in [3.05, 3.63) is 74.1 Å². The molecule has 0 saturated heterocycles. The number of rotatable bonds is 8. The van der Waals surface area contributed by atoms with Gasteiger partial charge in [0.1, 0.15) is 6.04 Å². The second-order valence-electron chi connectivity index (χ2n) is 8.85. The third-order valence-electron chi connectivity index (χ3n) is 6.24. The summed E-state index contributed by atoms with van der Waals surface area (Å²) in [7, 11) is -2.90. The largest absolute Gasteiger partial charge is 0.516 e. The number of ether oxygens (including phenoxy) is 4. The molecular weight excluding hydrogens is 530 g/mol. The van der Waals surface area contributed by atoms with Crippen LogP contribution in [0.1, 0.15) is 55.9 Å². The molecule has 0 bridgehead atoms. The number of halogens is 1. The Morgan fingerprint density at radius 3 is 2.71 bits per heavy atom. The van der Waals surface area contributed by atoms with Crippen molar-refractivity contribution in [1.82, 2.24) is 14.9 Å². The number of thiophene rings is 1. The molecule has 9 nitrogen and oxygen atoms in total. The standard InChI is InChI=1S/C27H30ClN3O6S/c1-15-16(2)30-22(17(3)29-15)14-35-18(4)36-27(33)37-24-12-19-13-31(11-10-23(19)38-24)25(26(32)34-5)20-8-6-7-9-21(20)28/h6-9,12,18,25H,10-11,13-14H2,1-5H3/t18?,25-/m0/s1/i5D3. The first-order chi connectivity index (χ1) is 19.3. The highest BCUT2D eigenvalue weighted by atomic mass is 35.5. The van der Waals surface area contributed by atoms with Crippen LogP contribution in [0.2, 0.25) is 5.02 Å². The molecule has 11 heteroatoms. The SMILES string of the molecule is [2H]C([2H])([2H])OC(=O)[C@H](c1ccccc1Cl)N1CCc2sc(OC(=O)OC(C)OCc3nc(C)c(C)nc3C)cc2C1. The fourth-order valence-corrected chi connectivity index (χ4v) is 5.43. The predicted molar refractivity (Wildman–Crippen MR) is 142 cm³/mol. The molecule has 0 fully saturated rings. The van der Waals surface area contributed by atoms with E-state index in [0.717, 1.165) is 27.5 Å². The fraction of sp³-hybridized carbons (Fsp3) is 0.407. The maximum absolute atomic E-state index is 13.0. The Hall–Kier alpha value is -3.05. The number of methoxy groups -OCH3 is 1. The molecule has 4 rings (SSSR count). The van der Waals surface area contributed by atoms with Crippen LogP contribution in [-0.2, 0) is 38.6 Å². The smallest absolute Gasteiger partial charge is 0.468 e. The summed E-state index contributed by atoms with van der Waals surface area (Å²) in [5.74, 6) is -0.923. The van der Waals surface area contributed by atoms with Gasteiger partial charge in [-0.15, -0.1) is 11.3 Å². The Labute approximate surface area is 234 Å². The molecular formula is C27H30ClN3O6S.